The molecule has 0 bridgehead atoms. The van der Waals surface area contributed by atoms with Gasteiger partial charge in [-0.2, -0.15) is 0 Å². The van der Waals surface area contributed by atoms with Crippen molar-refractivity contribution in [2.75, 3.05) is 19.0 Å². The SMILES string of the molecule is COC(=O)c1ccc2c(c1)SC(C)(C)CN2. The molecule has 0 aromatic heterocycles. The van der Waals surface area contributed by atoms with E-state index in [0.717, 1.165) is 17.1 Å². The van der Waals surface area contributed by atoms with Gasteiger partial charge in [0.1, 0.15) is 0 Å². The van der Waals surface area contributed by atoms with E-state index in [9.17, 15) is 4.79 Å². The van der Waals surface area contributed by atoms with E-state index in [0.29, 0.717) is 5.56 Å². The fraction of sp³-hybridized carbons (Fsp3) is 0.417. The lowest BCUT2D eigenvalue weighted by molar-refractivity contribution is 0.0600. The molecule has 0 aliphatic carbocycles. The summed E-state index contributed by atoms with van der Waals surface area (Å²) in [6, 6.07) is 5.61. The van der Waals surface area contributed by atoms with Crippen molar-refractivity contribution >= 4 is 23.4 Å². The number of hydrogen-bond acceptors (Lipinski definition) is 4. The Hall–Kier alpha value is -1.16. The summed E-state index contributed by atoms with van der Waals surface area (Å²) in [5.41, 5.74) is 1.70. The van der Waals surface area contributed by atoms with Crippen LogP contribution in [0.1, 0.15) is 24.2 Å². The van der Waals surface area contributed by atoms with Crippen LogP contribution in [-0.2, 0) is 4.74 Å². The van der Waals surface area contributed by atoms with Gasteiger partial charge in [0, 0.05) is 21.9 Å². The van der Waals surface area contributed by atoms with Gasteiger partial charge in [0.25, 0.3) is 0 Å². The third-order valence-electron chi connectivity index (χ3n) is 2.49. The van der Waals surface area contributed by atoms with E-state index in [2.05, 4.69) is 19.2 Å². The summed E-state index contributed by atoms with van der Waals surface area (Å²) < 4.78 is 4.87. The van der Waals surface area contributed by atoms with Crippen LogP contribution < -0.4 is 5.32 Å². The van der Waals surface area contributed by atoms with Crippen molar-refractivity contribution in [2.24, 2.45) is 0 Å². The first-order valence-corrected chi connectivity index (χ1v) is 5.99. The number of anilines is 1. The van der Waals surface area contributed by atoms with Gasteiger partial charge in [0.2, 0.25) is 0 Å². The number of thioether (sulfide) groups is 1. The predicted octanol–water partition coefficient (Wildman–Crippen LogP) is 2.77. The molecule has 1 heterocycles. The number of nitrogens with one attached hydrogen (secondary N) is 1. The molecule has 3 nitrogen and oxygen atoms in total. The number of ether oxygens (including phenoxy) is 1. The molecule has 0 fully saturated rings. The second-order valence-corrected chi connectivity index (χ2v) is 6.17. The van der Waals surface area contributed by atoms with E-state index < -0.39 is 0 Å². The molecule has 2 rings (SSSR count). The van der Waals surface area contributed by atoms with Crippen LogP contribution in [0.3, 0.4) is 0 Å². The molecule has 0 amide bonds. The maximum atomic E-state index is 11.4. The molecule has 1 aliphatic rings. The fourth-order valence-electron chi connectivity index (χ4n) is 1.64. The molecule has 1 N–H and O–H groups in total. The highest BCUT2D eigenvalue weighted by molar-refractivity contribution is 8.00. The molecule has 16 heavy (non-hydrogen) atoms. The number of carbonyl (C=O) groups is 1. The Kier molecular flexibility index (Phi) is 2.84. The number of fused-ring (bicyclic) bond motifs is 1. The summed E-state index contributed by atoms with van der Waals surface area (Å²) >= 11 is 1.79. The lowest BCUT2D eigenvalue weighted by Gasteiger charge is -2.31. The van der Waals surface area contributed by atoms with Crippen molar-refractivity contribution in [2.45, 2.75) is 23.5 Å². The van der Waals surface area contributed by atoms with Crippen LogP contribution in [-0.4, -0.2) is 24.4 Å². The van der Waals surface area contributed by atoms with Crippen LogP contribution in [0.25, 0.3) is 0 Å². The van der Waals surface area contributed by atoms with E-state index in [-0.39, 0.29) is 10.7 Å². The molecule has 4 heteroatoms. The Labute approximate surface area is 99.6 Å². The lowest BCUT2D eigenvalue weighted by atomic mass is 10.1. The van der Waals surface area contributed by atoms with E-state index in [1.807, 2.05) is 12.1 Å². The average molecular weight is 237 g/mol. The van der Waals surface area contributed by atoms with E-state index in [4.69, 9.17) is 4.74 Å². The zero-order chi connectivity index (χ0) is 11.8. The highest BCUT2D eigenvalue weighted by Gasteiger charge is 2.26. The predicted molar refractivity (Wildman–Crippen MR) is 66.2 cm³/mol. The summed E-state index contributed by atoms with van der Waals surface area (Å²) in [4.78, 5) is 12.5. The Morgan fingerprint density at radius 1 is 1.50 bits per heavy atom. The van der Waals surface area contributed by atoms with Crippen LogP contribution in [0.5, 0.6) is 0 Å². The van der Waals surface area contributed by atoms with E-state index in [1.54, 1.807) is 17.8 Å². The van der Waals surface area contributed by atoms with E-state index >= 15 is 0 Å². The molecule has 0 spiro atoms. The van der Waals surface area contributed by atoms with Gasteiger partial charge in [0.15, 0.2) is 0 Å². The lowest BCUT2D eigenvalue weighted by Crippen LogP contribution is -2.30. The Bertz CT molecular complexity index is 429. The van der Waals surface area contributed by atoms with Crippen molar-refractivity contribution in [1.82, 2.24) is 0 Å². The number of esters is 1. The zero-order valence-corrected chi connectivity index (χ0v) is 10.5. The summed E-state index contributed by atoms with van der Waals surface area (Å²) in [6.07, 6.45) is 0. The zero-order valence-electron chi connectivity index (χ0n) is 9.66. The third kappa shape index (κ3) is 2.16. The van der Waals surface area contributed by atoms with Crippen LogP contribution in [0.15, 0.2) is 23.1 Å². The maximum Gasteiger partial charge on any atom is 0.337 e. The first-order valence-electron chi connectivity index (χ1n) is 5.17. The summed E-state index contributed by atoms with van der Waals surface area (Å²) in [7, 11) is 1.40. The largest absolute Gasteiger partial charge is 0.465 e. The molecule has 0 radical (unpaired) electrons. The monoisotopic (exact) mass is 237 g/mol. The quantitative estimate of drug-likeness (QED) is 0.762. The number of carbonyl (C=O) groups excluding carboxylic acids is 1. The molecule has 0 unspecified atom stereocenters. The van der Waals surface area contributed by atoms with Crippen molar-refractivity contribution in [3.63, 3.8) is 0 Å². The van der Waals surface area contributed by atoms with Crippen molar-refractivity contribution in [3.8, 4) is 0 Å². The van der Waals surface area contributed by atoms with Gasteiger partial charge in [-0.15, -0.1) is 11.8 Å². The molecule has 0 atom stereocenters. The molecule has 0 saturated carbocycles. The van der Waals surface area contributed by atoms with Crippen LogP contribution in [0.2, 0.25) is 0 Å². The second kappa shape index (κ2) is 4.01. The number of rotatable bonds is 1. The first-order chi connectivity index (χ1) is 7.52. The van der Waals surface area contributed by atoms with Gasteiger partial charge in [-0.1, -0.05) is 0 Å². The van der Waals surface area contributed by atoms with Crippen molar-refractivity contribution in [1.29, 1.82) is 0 Å². The standard InChI is InChI=1S/C12H15NO2S/c1-12(2)7-13-9-5-4-8(11(14)15-3)6-10(9)16-12/h4-6,13H,7H2,1-3H3. The molecule has 1 aromatic rings. The van der Waals surface area contributed by atoms with Gasteiger partial charge >= 0.3 is 5.97 Å². The van der Waals surface area contributed by atoms with Gasteiger partial charge in [-0.3, -0.25) is 0 Å². The number of benzene rings is 1. The van der Waals surface area contributed by atoms with Crippen molar-refractivity contribution < 1.29 is 9.53 Å². The molecular formula is C12H15NO2S. The molecule has 86 valence electrons. The van der Waals surface area contributed by atoms with Crippen LogP contribution in [0.4, 0.5) is 5.69 Å². The Balaban J connectivity index is 2.34. The normalized spacial score (nSPS) is 17.2. The third-order valence-corrected chi connectivity index (χ3v) is 3.75. The van der Waals surface area contributed by atoms with Crippen LogP contribution in [0, 0.1) is 0 Å². The van der Waals surface area contributed by atoms with Crippen LogP contribution >= 0.6 is 11.8 Å². The minimum Gasteiger partial charge on any atom is -0.465 e. The highest BCUT2D eigenvalue weighted by atomic mass is 32.2. The second-order valence-electron chi connectivity index (χ2n) is 4.42. The minimum absolute atomic E-state index is 0.155. The van der Waals surface area contributed by atoms with Crippen molar-refractivity contribution in [3.05, 3.63) is 23.8 Å². The fourth-order valence-corrected chi connectivity index (χ4v) is 2.82. The van der Waals surface area contributed by atoms with E-state index in [1.165, 1.54) is 7.11 Å². The minimum atomic E-state index is -0.285. The molecule has 0 saturated heterocycles. The van der Waals surface area contributed by atoms with Gasteiger partial charge in [-0.25, -0.2) is 4.79 Å². The van der Waals surface area contributed by atoms with Gasteiger partial charge < -0.3 is 10.1 Å². The summed E-state index contributed by atoms with van der Waals surface area (Å²) in [5.74, 6) is -0.285. The Morgan fingerprint density at radius 3 is 2.94 bits per heavy atom. The topological polar surface area (TPSA) is 38.3 Å². The number of methoxy groups -OCH3 is 1. The van der Waals surface area contributed by atoms with Gasteiger partial charge in [0.05, 0.1) is 12.7 Å². The summed E-state index contributed by atoms with van der Waals surface area (Å²) in [6.45, 7) is 5.29. The smallest absolute Gasteiger partial charge is 0.337 e. The summed E-state index contributed by atoms with van der Waals surface area (Å²) in [5, 5.41) is 3.36. The Morgan fingerprint density at radius 2 is 2.25 bits per heavy atom. The number of hydrogen-bond donors (Lipinski definition) is 1. The maximum absolute atomic E-state index is 11.4. The average Bonchev–Trinajstić information content (AvgIpc) is 2.25. The van der Waals surface area contributed by atoms with Gasteiger partial charge in [-0.05, 0) is 32.0 Å². The molecule has 1 aromatic carbocycles. The highest BCUT2D eigenvalue weighted by Crippen LogP contribution is 2.41. The first kappa shape index (κ1) is 11.3. The molecular weight excluding hydrogens is 222 g/mol. The molecule has 1 aliphatic heterocycles.